The van der Waals surface area contributed by atoms with Crippen molar-refractivity contribution in [2.24, 2.45) is 0 Å². The van der Waals surface area contributed by atoms with Gasteiger partial charge in [-0.1, -0.05) is 30.3 Å². The molecule has 2 saturated heterocycles. The van der Waals surface area contributed by atoms with Crippen molar-refractivity contribution < 1.29 is 9.59 Å². The van der Waals surface area contributed by atoms with Crippen LogP contribution in [0.15, 0.2) is 30.3 Å². The summed E-state index contributed by atoms with van der Waals surface area (Å²) in [6.45, 7) is 3.04. The summed E-state index contributed by atoms with van der Waals surface area (Å²) in [5.41, 5.74) is 0.852. The predicted octanol–water partition coefficient (Wildman–Crippen LogP) is 1.97. The summed E-state index contributed by atoms with van der Waals surface area (Å²) in [4.78, 5) is 26.4. The van der Waals surface area contributed by atoms with Crippen molar-refractivity contribution in [2.75, 3.05) is 18.8 Å². The monoisotopic (exact) mass is 304 g/mol. The SMILES string of the molecule is CC1(CN2CC(=O)NC(c3ccccc3)C2=O)CCCS1. The maximum Gasteiger partial charge on any atom is 0.250 e. The molecule has 0 bridgehead atoms. The Balaban J connectivity index is 1.78. The van der Waals surface area contributed by atoms with Gasteiger partial charge in [0.25, 0.3) is 0 Å². The molecule has 1 aromatic carbocycles. The normalized spacial score (nSPS) is 29.6. The van der Waals surface area contributed by atoms with Crippen molar-refractivity contribution in [3.63, 3.8) is 0 Å². The van der Waals surface area contributed by atoms with Gasteiger partial charge < -0.3 is 10.2 Å². The lowest BCUT2D eigenvalue weighted by atomic mass is 10.0. The Morgan fingerprint density at radius 2 is 2.10 bits per heavy atom. The Labute approximate surface area is 129 Å². The minimum atomic E-state index is -0.539. The molecular weight excluding hydrogens is 284 g/mol. The third-order valence-corrected chi connectivity index (χ3v) is 5.68. The minimum Gasteiger partial charge on any atom is -0.339 e. The Morgan fingerprint density at radius 3 is 2.76 bits per heavy atom. The highest BCUT2D eigenvalue weighted by Crippen LogP contribution is 2.38. The molecule has 1 N–H and O–H groups in total. The molecule has 2 heterocycles. The molecule has 0 radical (unpaired) electrons. The Kier molecular flexibility index (Phi) is 3.93. The van der Waals surface area contributed by atoms with Crippen molar-refractivity contribution in [2.45, 2.75) is 30.6 Å². The lowest BCUT2D eigenvalue weighted by Crippen LogP contribution is -2.56. The van der Waals surface area contributed by atoms with Crippen LogP contribution >= 0.6 is 11.8 Å². The van der Waals surface area contributed by atoms with Crippen molar-refractivity contribution >= 4 is 23.6 Å². The maximum atomic E-state index is 12.7. The number of rotatable bonds is 3. The highest BCUT2D eigenvalue weighted by atomic mass is 32.2. The molecule has 2 atom stereocenters. The van der Waals surface area contributed by atoms with Gasteiger partial charge in [0.1, 0.15) is 6.04 Å². The number of carbonyl (C=O) groups is 2. The van der Waals surface area contributed by atoms with E-state index in [2.05, 4.69) is 12.2 Å². The smallest absolute Gasteiger partial charge is 0.250 e. The fourth-order valence-electron chi connectivity index (χ4n) is 3.07. The highest BCUT2D eigenvalue weighted by molar-refractivity contribution is 8.00. The molecule has 21 heavy (non-hydrogen) atoms. The molecular formula is C16H20N2O2S. The molecule has 5 heteroatoms. The molecule has 112 valence electrons. The molecule has 2 amide bonds. The minimum absolute atomic E-state index is 0.00882. The van der Waals surface area contributed by atoms with Gasteiger partial charge in [-0.2, -0.15) is 11.8 Å². The van der Waals surface area contributed by atoms with E-state index in [1.54, 1.807) is 4.90 Å². The number of hydrogen-bond acceptors (Lipinski definition) is 3. The van der Waals surface area contributed by atoms with Gasteiger partial charge in [-0.05, 0) is 31.1 Å². The summed E-state index contributed by atoms with van der Waals surface area (Å²) in [5.74, 6) is 1.08. The molecule has 2 fully saturated rings. The van der Waals surface area contributed by atoms with Crippen LogP contribution < -0.4 is 5.32 Å². The van der Waals surface area contributed by atoms with Crippen LogP contribution in [-0.2, 0) is 9.59 Å². The van der Waals surface area contributed by atoms with Crippen LogP contribution in [0.5, 0.6) is 0 Å². The van der Waals surface area contributed by atoms with E-state index in [-0.39, 0.29) is 23.1 Å². The second-order valence-corrected chi connectivity index (χ2v) is 7.69. The first-order chi connectivity index (χ1) is 10.1. The van der Waals surface area contributed by atoms with Crippen molar-refractivity contribution in [1.29, 1.82) is 0 Å². The van der Waals surface area contributed by atoms with Gasteiger partial charge in [0.2, 0.25) is 11.8 Å². The lowest BCUT2D eigenvalue weighted by molar-refractivity contribution is -0.144. The Hall–Kier alpha value is -1.49. The zero-order valence-corrected chi connectivity index (χ0v) is 13.0. The third kappa shape index (κ3) is 3.07. The van der Waals surface area contributed by atoms with E-state index in [1.165, 1.54) is 6.42 Å². The topological polar surface area (TPSA) is 49.4 Å². The van der Waals surface area contributed by atoms with Crippen LogP contribution in [0.4, 0.5) is 0 Å². The zero-order valence-electron chi connectivity index (χ0n) is 12.2. The summed E-state index contributed by atoms with van der Waals surface area (Å²) in [6.07, 6.45) is 2.30. The van der Waals surface area contributed by atoms with Crippen molar-refractivity contribution in [1.82, 2.24) is 10.2 Å². The van der Waals surface area contributed by atoms with Crippen molar-refractivity contribution in [3.8, 4) is 0 Å². The summed E-state index contributed by atoms with van der Waals surface area (Å²) in [5, 5.41) is 2.81. The summed E-state index contributed by atoms with van der Waals surface area (Å²) in [7, 11) is 0. The standard InChI is InChI=1S/C16H20N2O2S/c1-16(8-5-9-21-16)11-18-10-13(19)17-14(15(18)20)12-6-3-2-4-7-12/h2-4,6-7,14H,5,8-11H2,1H3,(H,17,19). The predicted molar refractivity (Wildman–Crippen MR) is 84.0 cm³/mol. The van der Waals surface area contributed by atoms with Gasteiger partial charge in [-0.15, -0.1) is 0 Å². The number of carbonyl (C=O) groups excluding carboxylic acids is 2. The number of nitrogens with zero attached hydrogens (tertiary/aromatic N) is 1. The number of thioether (sulfide) groups is 1. The second-order valence-electron chi connectivity index (χ2n) is 6.01. The highest BCUT2D eigenvalue weighted by Gasteiger charge is 2.39. The lowest BCUT2D eigenvalue weighted by Gasteiger charge is -2.37. The Bertz CT molecular complexity index is 540. The number of amides is 2. The molecule has 0 spiro atoms. The van der Waals surface area contributed by atoms with E-state index in [0.29, 0.717) is 6.54 Å². The van der Waals surface area contributed by atoms with E-state index in [1.807, 2.05) is 42.1 Å². The van der Waals surface area contributed by atoms with E-state index in [0.717, 1.165) is 17.7 Å². The summed E-state index contributed by atoms with van der Waals surface area (Å²) in [6, 6.07) is 8.93. The molecule has 1 aromatic rings. The van der Waals surface area contributed by atoms with Crippen molar-refractivity contribution in [3.05, 3.63) is 35.9 Å². The van der Waals surface area contributed by atoms with Gasteiger partial charge >= 0.3 is 0 Å². The first-order valence-corrected chi connectivity index (χ1v) is 8.33. The first kappa shape index (κ1) is 14.4. The quantitative estimate of drug-likeness (QED) is 0.929. The van der Waals surface area contributed by atoms with Gasteiger partial charge in [0.05, 0.1) is 6.54 Å². The average Bonchev–Trinajstić information content (AvgIpc) is 2.90. The fourth-order valence-corrected chi connectivity index (χ4v) is 4.39. The van der Waals surface area contributed by atoms with E-state index in [9.17, 15) is 9.59 Å². The molecule has 3 rings (SSSR count). The number of hydrogen-bond donors (Lipinski definition) is 1. The van der Waals surface area contributed by atoms with Gasteiger partial charge in [0.15, 0.2) is 0 Å². The maximum absolute atomic E-state index is 12.7. The van der Waals surface area contributed by atoms with E-state index in [4.69, 9.17) is 0 Å². The molecule has 2 aliphatic heterocycles. The van der Waals surface area contributed by atoms with E-state index >= 15 is 0 Å². The number of piperazine rings is 1. The molecule has 0 aliphatic carbocycles. The number of nitrogens with one attached hydrogen (secondary N) is 1. The second kappa shape index (κ2) is 5.72. The van der Waals surface area contributed by atoms with Crippen LogP contribution in [-0.4, -0.2) is 40.3 Å². The summed E-state index contributed by atoms with van der Waals surface area (Å²) >= 11 is 1.91. The molecule has 4 nitrogen and oxygen atoms in total. The van der Waals surface area contributed by atoms with Crippen LogP contribution in [0.2, 0.25) is 0 Å². The van der Waals surface area contributed by atoms with Crippen LogP contribution in [0.1, 0.15) is 31.4 Å². The zero-order chi connectivity index (χ0) is 14.9. The summed E-state index contributed by atoms with van der Waals surface area (Å²) < 4.78 is 0.0918. The van der Waals surface area contributed by atoms with Crippen LogP contribution in [0.25, 0.3) is 0 Å². The Morgan fingerprint density at radius 1 is 1.33 bits per heavy atom. The molecule has 2 unspecified atom stereocenters. The number of benzene rings is 1. The van der Waals surface area contributed by atoms with Crippen LogP contribution in [0, 0.1) is 0 Å². The molecule has 0 aromatic heterocycles. The first-order valence-electron chi connectivity index (χ1n) is 7.34. The van der Waals surface area contributed by atoms with E-state index < -0.39 is 6.04 Å². The van der Waals surface area contributed by atoms with Gasteiger partial charge in [-0.3, -0.25) is 9.59 Å². The third-order valence-electron chi connectivity index (χ3n) is 4.16. The van der Waals surface area contributed by atoms with Gasteiger partial charge in [-0.25, -0.2) is 0 Å². The van der Waals surface area contributed by atoms with Crippen LogP contribution in [0.3, 0.4) is 0 Å². The molecule has 2 aliphatic rings. The molecule has 0 saturated carbocycles. The fraction of sp³-hybridized carbons (Fsp3) is 0.500. The average molecular weight is 304 g/mol. The largest absolute Gasteiger partial charge is 0.339 e. The van der Waals surface area contributed by atoms with Gasteiger partial charge in [0, 0.05) is 11.3 Å².